The highest BCUT2D eigenvalue weighted by atomic mass is 19.1. The average molecular weight is 220 g/mol. The topological polar surface area (TPSA) is 52.6 Å². The van der Waals surface area contributed by atoms with Gasteiger partial charge in [0.25, 0.3) is 0 Å². The Morgan fingerprint density at radius 1 is 1.20 bits per heavy atom. The van der Waals surface area contributed by atoms with E-state index in [0.29, 0.717) is 0 Å². The molecule has 0 aliphatic carbocycles. The molecule has 5 heteroatoms. The summed E-state index contributed by atoms with van der Waals surface area (Å²) in [5, 5.41) is 0. The minimum atomic E-state index is -2.71. The second kappa shape index (κ2) is 4.59. The smallest absolute Gasteiger partial charge is 0.356 e. The highest BCUT2D eigenvalue weighted by Crippen LogP contribution is 2.23. The minimum Gasteiger partial charge on any atom is -0.466 e. The van der Waals surface area contributed by atoms with E-state index in [0.717, 1.165) is 7.11 Å². The Hall–Kier alpha value is -1.13. The quantitative estimate of drug-likeness (QED) is 0.535. The van der Waals surface area contributed by atoms with Crippen molar-refractivity contribution in [1.82, 2.24) is 0 Å². The SMILES string of the molecule is CCC(F)(C(=O)OC)C(=O)OC(C)(C)C. The summed E-state index contributed by atoms with van der Waals surface area (Å²) in [6, 6.07) is 0. The molecule has 4 nitrogen and oxygen atoms in total. The van der Waals surface area contributed by atoms with E-state index < -0.39 is 23.2 Å². The zero-order chi connectivity index (χ0) is 12.3. The molecule has 0 fully saturated rings. The summed E-state index contributed by atoms with van der Waals surface area (Å²) in [6.07, 6.45) is -0.311. The third kappa shape index (κ3) is 3.49. The molecule has 0 radical (unpaired) electrons. The van der Waals surface area contributed by atoms with E-state index in [9.17, 15) is 14.0 Å². The molecule has 15 heavy (non-hydrogen) atoms. The van der Waals surface area contributed by atoms with Gasteiger partial charge in [0.05, 0.1) is 7.11 Å². The fraction of sp³-hybridized carbons (Fsp3) is 0.800. The largest absolute Gasteiger partial charge is 0.466 e. The lowest BCUT2D eigenvalue weighted by atomic mass is 10.0. The zero-order valence-corrected chi connectivity index (χ0v) is 9.72. The van der Waals surface area contributed by atoms with Gasteiger partial charge in [0.15, 0.2) is 0 Å². The number of rotatable bonds is 3. The Bertz CT molecular complexity index is 257. The van der Waals surface area contributed by atoms with Crippen LogP contribution in [0.3, 0.4) is 0 Å². The molecule has 0 spiro atoms. The van der Waals surface area contributed by atoms with E-state index in [2.05, 4.69) is 4.74 Å². The number of halogens is 1. The van der Waals surface area contributed by atoms with Crippen molar-refractivity contribution >= 4 is 11.9 Å². The molecule has 0 saturated heterocycles. The molecule has 1 unspecified atom stereocenters. The molecule has 0 aliphatic rings. The maximum absolute atomic E-state index is 13.9. The van der Waals surface area contributed by atoms with Crippen LogP contribution in [0.5, 0.6) is 0 Å². The molecular weight excluding hydrogens is 203 g/mol. The molecule has 0 N–H and O–H groups in total. The highest BCUT2D eigenvalue weighted by molar-refractivity contribution is 6.03. The molecule has 1 atom stereocenters. The predicted molar refractivity (Wildman–Crippen MR) is 52.0 cm³/mol. The van der Waals surface area contributed by atoms with Crippen LogP contribution in [0.4, 0.5) is 4.39 Å². The van der Waals surface area contributed by atoms with Gasteiger partial charge in [0, 0.05) is 6.42 Å². The molecular formula is C10H17FO4. The van der Waals surface area contributed by atoms with Crippen LogP contribution in [0.2, 0.25) is 0 Å². The summed E-state index contributed by atoms with van der Waals surface area (Å²) in [6.45, 7) is 6.16. The van der Waals surface area contributed by atoms with E-state index in [1.807, 2.05) is 0 Å². The van der Waals surface area contributed by atoms with Gasteiger partial charge in [0.1, 0.15) is 5.60 Å². The molecule has 0 aromatic rings. The second-order valence-electron chi connectivity index (χ2n) is 4.15. The van der Waals surface area contributed by atoms with Gasteiger partial charge in [-0.1, -0.05) is 6.92 Å². The van der Waals surface area contributed by atoms with Gasteiger partial charge >= 0.3 is 17.6 Å². The first-order chi connectivity index (χ1) is 6.67. The first kappa shape index (κ1) is 13.9. The summed E-state index contributed by atoms with van der Waals surface area (Å²) in [5.74, 6) is -2.43. The van der Waals surface area contributed by atoms with Crippen LogP contribution in [0.15, 0.2) is 0 Å². The third-order valence-corrected chi connectivity index (χ3v) is 1.72. The number of carbonyl (C=O) groups excluding carboxylic acids is 2. The van der Waals surface area contributed by atoms with Crippen LogP contribution >= 0.6 is 0 Å². The van der Waals surface area contributed by atoms with Gasteiger partial charge in [-0.25, -0.2) is 14.0 Å². The van der Waals surface area contributed by atoms with E-state index in [4.69, 9.17) is 4.74 Å². The van der Waals surface area contributed by atoms with Gasteiger partial charge in [-0.15, -0.1) is 0 Å². The fourth-order valence-corrected chi connectivity index (χ4v) is 0.893. The van der Waals surface area contributed by atoms with Gasteiger partial charge in [-0.3, -0.25) is 0 Å². The minimum absolute atomic E-state index is 0.311. The van der Waals surface area contributed by atoms with Crippen molar-refractivity contribution in [2.24, 2.45) is 0 Å². The summed E-state index contributed by atoms with van der Waals surface area (Å²) in [5.41, 5.74) is -3.54. The number of ether oxygens (including phenoxy) is 2. The van der Waals surface area contributed by atoms with Gasteiger partial charge in [-0.2, -0.15) is 0 Å². The second-order valence-corrected chi connectivity index (χ2v) is 4.15. The Kier molecular flexibility index (Phi) is 4.25. The first-order valence-corrected chi connectivity index (χ1v) is 4.68. The van der Waals surface area contributed by atoms with Crippen molar-refractivity contribution in [3.8, 4) is 0 Å². The lowest BCUT2D eigenvalue weighted by Crippen LogP contribution is -2.46. The monoisotopic (exact) mass is 220 g/mol. The first-order valence-electron chi connectivity index (χ1n) is 4.68. The zero-order valence-electron chi connectivity index (χ0n) is 9.72. The van der Waals surface area contributed by atoms with Gasteiger partial charge in [0.2, 0.25) is 0 Å². The summed E-state index contributed by atoms with van der Waals surface area (Å²) >= 11 is 0. The Labute approximate surface area is 88.7 Å². The van der Waals surface area contributed by atoms with Crippen LogP contribution in [0.25, 0.3) is 0 Å². The lowest BCUT2D eigenvalue weighted by molar-refractivity contribution is -0.180. The normalized spacial score (nSPS) is 15.3. The molecule has 0 aliphatic heterocycles. The van der Waals surface area contributed by atoms with E-state index in [1.165, 1.54) is 6.92 Å². The van der Waals surface area contributed by atoms with Crippen LogP contribution in [0.1, 0.15) is 34.1 Å². The van der Waals surface area contributed by atoms with Crippen molar-refractivity contribution in [2.45, 2.75) is 45.4 Å². The highest BCUT2D eigenvalue weighted by Gasteiger charge is 2.49. The Morgan fingerprint density at radius 3 is 1.93 bits per heavy atom. The Balaban J connectivity index is 4.82. The number of carbonyl (C=O) groups is 2. The number of alkyl halides is 1. The van der Waals surface area contributed by atoms with Crippen LogP contribution in [-0.4, -0.2) is 30.3 Å². The molecule has 0 aromatic carbocycles. The summed E-state index contributed by atoms with van der Waals surface area (Å²) < 4.78 is 22.9. The van der Waals surface area contributed by atoms with E-state index in [-0.39, 0.29) is 6.42 Å². The van der Waals surface area contributed by atoms with Crippen LogP contribution in [-0.2, 0) is 19.1 Å². The molecule has 0 rings (SSSR count). The summed E-state index contributed by atoms with van der Waals surface area (Å²) in [4.78, 5) is 22.5. The van der Waals surface area contributed by atoms with Crippen LogP contribution in [0, 0.1) is 0 Å². The fourth-order valence-electron chi connectivity index (χ4n) is 0.893. The number of methoxy groups -OCH3 is 1. The third-order valence-electron chi connectivity index (χ3n) is 1.72. The average Bonchev–Trinajstić information content (AvgIpc) is 2.12. The van der Waals surface area contributed by atoms with Crippen molar-refractivity contribution < 1.29 is 23.5 Å². The molecule has 0 saturated carbocycles. The van der Waals surface area contributed by atoms with Gasteiger partial charge < -0.3 is 9.47 Å². The Morgan fingerprint density at radius 2 is 1.67 bits per heavy atom. The van der Waals surface area contributed by atoms with Crippen molar-refractivity contribution in [3.63, 3.8) is 0 Å². The number of esters is 2. The molecule has 0 amide bonds. The maximum atomic E-state index is 13.9. The number of hydrogen-bond acceptors (Lipinski definition) is 4. The van der Waals surface area contributed by atoms with Crippen molar-refractivity contribution in [1.29, 1.82) is 0 Å². The van der Waals surface area contributed by atoms with E-state index in [1.54, 1.807) is 20.8 Å². The maximum Gasteiger partial charge on any atom is 0.356 e. The molecule has 0 bridgehead atoms. The summed E-state index contributed by atoms with van der Waals surface area (Å²) in [7, 11) is 1.02. The van der Waals surface area contributed by atoms with Gasteiger partial charge in [-0.05, 0) is 20.8 Å². The number of hydrogen-bond donors (Lipinski definition) is 0. The standard InChI is InChI=1S/C10H17FO4/c1-6-10(11,7(12)14-5)8(13)15-9(2,3)4/h6H2,1-5H3. The molecule has 88 valence electrons. The van der Waals surface area contributed by atoms with Crippen molar-refractivity contribution in [3.05, 3.63) is 0 Å². The van der Waals surface area contributed by atoms with Crippen LogP contribution < -0.4 is 0 Å². The molecule has 0 aromatic heterocycles. The lowest BCUT2D eigenvalue weighted by Gasteiger charge is -2.25. The predicted octanol–water partition coefficient (Wildman–Crippen LogP) is 1.62. The van der Waals surface area contributed by atoms with E-state index >= 15 is 0 Å². The van der Waals surface area contributed by atoms with Crippen molar-refractivity contribution in [2.75, 3.05) is 7.11 Å². The molecule has 0 heterocycles.